The van der Waals surface area contributed by atoms with Gasteiger partial charge in [0.2, 0.25) is 0 Å². The predicted molar refractivity (Wildman–Crippen MR) is 106 cm³/mol. The summed E-state index contributed by atoms with van der Waals surface area (Å²) in [6, 6.07) is 17.2. The van der Waals surface area contributed by atoms with Gasteiger partial charge in [0.05, 0.1) is 11.7 Å². The molecular formula is C23H27NO3. The van der Waals surface area contributed by atoms with Gasteiger partial charge in [0.1, 0.15) is 0 Å². The normalized spacial score (nSPS) is 16.1. The van der Waals surface area contributed by atoms with Gasteiger partial charge in [-0.05, 0) is 50.2 Å². The maximum Gasteiger partial charge on any atom is 0.254 e. The molecule has 4 nitrogen and oxygen atoms in total. The lowest BCUT2D eigenvalue weighted by Gasteiger charge is -2.34. The number of rotatable bonds is 6. The van der Waals surface area contributed by atoms with Gasteiger partial charge in [-0.1, -0.05) is 48.5 Å². The second-order valence-electron chi connectivity index (χ2n) is 7.32. The highest BCUT2D eigenvalue weighted by atomic mass is 16.3. The molecule has 27 heavy (non-hydrogen) atoms. The molecular weight excluding hydrogens is 338 g/mol. The molecule has 1 aliphatic heterocycles. The summed E-state index contributed by atoms with van der Waals surface area (Å²) in [7, 11) is 0. The van der Waals surface area contributed by atoms with Gasteiger partial charge >= 0.3 is 0 Å². The third kappa shape index (κ3) is 4.83. The third-order valence-electron chi connectivity index (χ3n) is 5.48. The quantitative estimate of drug-likeness (QED) is 0.794. The Hall–Kier alpha value is -2.46. The molecule has 1 fully saturated rings. The predicted octanol–water partition coefficient (Wildman–Crippen LogP) is 3.74. The smallest absolute Gasteiger partial charge is 0.254 e. The zero-order valence-corrected chi connectivity index (χ0v) is 15.8. The Morgan fingerprint density at radius 3 is 2.22 bits per heavy atom. The third-order valence-corrected chi connectivity index (χ3v) is 5.48. The Morgan fingerprint density at radius 1 is 1.00 bits per heavy atom. The van der Waals surface area contributed by atoms with Crippen LogP contribution in [0.25, 0.3) is 0 Å². The number of Topliss-reactive ketones (excluding diaryl/α,β-unsaturated/α-hetero) is 1. The molecule has 1 heterocycles. The number of aliphatic hydroxyl groups is 1. The first-order valence-electron chi connectivity index (χ1n) is 9.67. The number of ketones is 1. The lowest BCUT2D eigenvalue weighted by molar-refractivity contribution is 0.0436. The maximum absolute atomic E-state index is 12.8. The van der Waals surface area contributed by atoms with Crippen molar-refractivity contribution >= 4 is 11.7 Å². The average molecular weight is 365 g/mol. The van der Waals surface area contributed by atoms with Crippen LogP contribution < -0.4 is 0 Å². The van der Waals surface area contributed by atoms with Crippen LogP contribution in [0, 0.1) is 5.92 Å². The van der Waals surface area contributed by atoms with Gasteiger partial charge in [-0.15, -0.1) is 0 Å². The minimum absolute atomic E-state index is 0.0852. The number of hydrogen-bond donors (Lipinski definition) is 1. The van der Waals surface area contributed by atoms with E-state index >= 15 is 0 Å². The average Bonchev–Trinajstić information content (AvgIpc) is 2.72. The van der Waals surface area contributed by atoms with Crippen molar-refractivity contribution in [3.63, 3.8) is 0 Å². The number of amides is 1. The van der Waals surface area contributed by atoms with Gasteiger partial charge in [-0.25, -0.2) is 0 Å². The zero-order valence-electron chi connectivity index (χ0n) is 15.8. The Balaban J connectivity index is 1.54. The fourth-order valence-corrected chi connectivity index (χ4v) is 3.83. The molecule has 1 amide bonds. The van der Waals surface area contributed by atoms with Crippen LogP contribution >= 0.6 is 0 Å². The minimum Gasteiger partial charge on any atom is -0.393 e. The van der Waals surface area contributed by atoms with Crippen LogP contribution in [0.2, 0.25) is 0 Å². The van der Waals surface area contributed by atoms with Crippen molar-refractivity contribution in [3.05, 3.63) is 71.3 Å². The number of likely N-dealkylation sites (tertiary alicyclic amines) is 1. The van der Waals surface area contributed by atoms with Crippen LogP contribution in [0.4, 0.5) is 0 Å². The Kier molecular flexibility index (Phi) is 6.40. The van der Waals surface area contributed by atoms with Crippen LogP contribution in [-0.4, -0.2) is 40.9 Å². The van der Waals surface area contributed by atoms with E-state index in [2.05, 4.69) is 12.1 Å². The number of hydrogen-bond acceptors (Lipinski definition) is 3. The molecule has 0 saturated carbocycles. The lowest BCUT2D eigenvalue weighted by atomic mass is 9.88. The van der Waals surface area contributed by atoms with Gasteiger partial charge in [-0.2, -0.15) is 0 Å². The Labute approximate surface area is 160 Å². The molecule has 0 spiro atoms. The van der Waals surface area contributed by atoms with E-state index < -0.39 is 0 Å². The van der Waals surface area contributed by atoms with E-state index in [0.717, 1.165) is 25.7 Å². The van der Waals surface area contributed by atoms with Crippen molar-refractivity contribution in [2.75, 3.05) is 13.1 Å². The highest BCUT2D eigenvalue weighted by Gasteiger charge is 2.28. The first kappa shape index (κ1) is 19.3. The highest BCUT2D eigenvalue weighted by Crippen LogP contribution is 2.25. The number of carbonyl (C=O) groups excluding carboxylic acids is 2. The molecule has 0 unspecified atom stereocenters. The number of piperidine rings is 1. The molecule has 142 valence electrons. The van der Waals surface area contributed by atoms with Crippen LogP contribution in [-0.2, 0) is 6.42 Å². The lowest BCUT2D eigenvalue weighted by Crippen LogP contribution is -2.41. The summed E-state index contributed by atoms with van der Waals surface area (Å²) in [4.78, 5) is 26.4. The molecule has 1 saturated heterocycles. The molecule has 2 aromatic rings. The van der Waals surface area contributed by atoms with Crippen LogP contribution in [0.1, 0.15) is 52.5 Å². The van der Waals surface area contributed by atoms with E-state index in [9.17, 15) is 14.7 Å². The van der Waals surface area contributed by atoms with Crippen molar-refractivity contribution in [2.24, 2.45) is 5.92 Å². The fourth-order valence-electron chi connectivity index (χ4n) is 3.83. The maximum atomic E-state index is 12.8. The van der Waals surface area contributed by atoms with Crippen molar-refractivity contribution in [3.8, 4) is 0 Å². The topological polar surface area (TPSA) is 57.6 Å². The summed E-state index contributed by atoms with van der Waals surface area (Å²) in [5, 5.41) is 10.5. The van der Waals surface area contributed by atoms with Crippen LogP contribution in [0.3, 0.4) is 0 Å². The molecule has 1 N–H and O–H groups in total. The molecule has 3 rings (SSSR count). The second kappa shape index (κ2) is 8.96. The monoisotopic (exact) mass is 365 g/mol. The van der Waals surface area contributed by atoms with Gasteiger partial charge in [0, 0.05) is 18.7 Å². The number of aliphatic hydroxyl groups excluding tert-OH is 1. The van der Waals surface area contributed by atoms with Crippen molar-refractivity contribution < 1.29 is 14.7 Å². The minimum atomic E-state index is -0.341. The summed E-state index contributed by atoms with van der Waals surface area (Å²) >= 11 is 0. The van der Waals surface area contributed by atoms with Crippen molar-refractivity contribution in [1.29, 1.82) is 0 Å². The molecule has 0 aliphatic carbocycles. The molecule has 1 atom stereocenters. The number of aryl methyl sites for hydroxylation is 1. The van der Waals surface area contributed by atoms with Gasteiger partial charge in [-0.3, -0.25) is 9.59 Å². The zero-order chi connectivity index (χ0) is 19.2. The molecule has 0 aromatic heterocycles. The molecule has 1 aliphatic rings. The summed E-state index contributed by atoms with van der Waals surface area (Å²) in [5.41, 5.74) is 2.20. The van der Waals surface area contributed by atoms with Crippen LogP contribution in [0.15, 0.2) is 54.6 Å². The van der Waals surface area contributed by atoms with E-state index in [-0.39, 0.29) is 23.7 Å². The first-order valence-corrected chi connectivity index (χ1v) is 9.67. The van der Waals surface area contributed by atoms with Crippen LogP contribution in [0.5, 0.6) is 0 Å². The van der Waals surface area contributed by atoms with E-state index in [1.807, 2.05) is 23.1 Å². The Bertz CT molecular complexity index is 779. The summed E-state index contributed by atoms with van der Waals surface area (Å²) in [6.45, 7) is 2.73. The SMILES string of the molecule is CC(=O)c1ccccc1C(=O)N1CCC([C@H](O)CCc2ccccc2)CC1. The number of nitrogens with zero attached hydrogens (tertiary/aromatic N) is 1. The molecule has 0 radical (unpaired) electrons. The Morgan fingerprint density at radius 2 is 1.59 bits per heavy atom. The summed E-state index contributed by atoms with van der Waals surface area (Å²) in [5.74, 6) is 0.0454. The number of benzene rings is 2. The summed E-state index contributed by atoms with van der Waals surface area (Å²) < 4.78 is 0. The van der Waals surface area contributed by atoms with E-state index in [0.29, 0.717) is 24.2 Å². The molecule has 4 heteroatoms. The fraction of sp³-hybridized carbons (Fsp3) is 0.391. The second-order valence-corrected chi connectivity index (χ2v) is 7.32. The largest absolute Gasteiger partial charge is 0.393 e. The van der Waals surface area contributed by atoms with E-state index in [1.54, 1.807) is 24.3 Å². The first-order chi connectivity index (χ1) is 13.1. The number of carbonyl (C=O) groups is 2. The van der Waals surface area contributed by atoms with Gasteiger partial charge < -0.3 is 10.0 Å². The van der Waals surface area contributed by atoms with E-state index in [4.69, 9.17) is 0 Å². The van der Waals surface area contributed by atoms with E-state index in [1.165, 1.54) is 12.5 Å². The highest BCUT2D eigenvalue weighted by molar-refractivity contribution is 6.07. The van der Waals surface area contributed by atoms with Gasteiger partial charge in [0.15, 0.2) is 5.78 Å². The molecule has 2 aromatic carbocycles. The van der Waals surface area contributed by atoms with Crippen molar-refractivity contribution in [2.45, 2.75) is 38.7 Å². The standard InChI is InChI=1S/C23H27NO3/c1-17(25)20-9-5-6-10-21(20)23(27)24-15-13-19(14-16-24)22(26)12-11-18-7-3-2-4-8-18/h2-10,19,22,26H,11-16H2,1H3/t22-/m1/s1. The molecule has 0 bridgehead atoms. The van der Waals surface area contributed by atoms with Crippen molar-refractivity contribution in [1.82, 2.24) is 4.90 Å². The summed E-state index contributed by atoms with van der Waals surface area (Å²) in [6.07, 6.45) is 2.86. The van der Waals surface area contributed by atoms with Gasteiger partial charge in [0.25, 0.3) is 5.91 Å².